The molecule has 6 aliphatic rings. The molecular weight excluding hydrogens is 392 g/mol. The normalized spacial score (nSPS) is 56.4. The van der Waals surface area contributed by atoms with E-state index in [1.165, 1.54) is 44.9 Å². The first-order chi connectivity index (χ1) is 14.9. The molecule has 9 atom stereocenters. The number of allylic oxidation sites excluding steroid dienone is 2. The van der Waals surface area contributed by atoms with Crippen molar-refractivity contribution < 1.29 is 9.53 Å². The molecule has 1 saturated heterocycles. The summed E-state index contributed by atoms with van der Waals surface area (Å²) in [6, 6.07) is 0. The predicted molar refractivity (Wildman–Crippen MR) is 129 cm³/mol. The molecule has 0 amide bonds. The van der Waals surface area contributed by atoms with Crippen molar-refractivity contribution in [3.8, 4) is 0 Å². The zero-order valence-electron chi connectivity index (χ0n) is 21.8. The van der Waals surface area contributed by atoms with Crippen LogP contribution in [0.25, 0.3) is 0 Å². The first-order valence-corrected chi connectivity index (χ1v) is 13.9. The molecule has 2 heteroatoms. The molecule has 0 aromatic carbocycles. The Labute approximate surface area is 196 Å². The van der Waals surface area contributed by atoms with Gasteiger partial charge in [-0.2, -0.15) is 0 Å². The highest BCUT2D eigenvalue weighted by Gasteiger charge is 2.76. The number of esters is 1. The van der Waals surface area contributed by atoms with Gasteiger partial charge in [0, 0.05) is 5.92 Å². The van der Waals surface area contributed by atoms with Crippen LogP contribution in [-0.2, 0) is 9.53 Å². The summed E-state index contributed by atoms with van der Waals surface area (Å²) in [5.74, 6) is 3.23. The van der Waals surface area contributed by atoms with E-state index in [1.54, 1.807) is 5.57 Å². The van der Waals surface area contributed by atoms with Crippen molar-refractivity contribution in [3.05, 3.63) is 11.1 Å². The van der Waals surface area contributed by atoms with Crippen LogP contribution in [0, 0.1) is 51.2 Å². The molecule has 0 spiro atoms. The van der Waals surface area contributed by atoms with Crippen molar-refractivity contribution in [2.45, 2.75) is 118 Å². The number of fused-ring (bicyclic) bond motifs is 5. The van der Waals surface area contributed by atoms with E-state index >= 15 is 0 Å². The number of rotatable bonds is 1. The van der Waals surface area contributed by atoms with Crippen LogP contribution in [0.4, 0.5) is 0 Å². The predicted octanol–water partition coefficient (Wildman–Crippen LogP) is 7.71. The van der Waals surface area contributed by atoms with Crippen LogP contribution in [-0.4, -0.2) is 11.6 Å². The number of carbonyl (C=O) groups excluding carboxylic acids is 1. The maximum absolute atomic E-state index is 13.4. The van der Waals surface area contributed by atoms with E-state index in [0.717, 1.165) is 25.2 Å². The van der Waals surface area contributed by atoms with Gasteiger partial charge in [0.1, 0.15) is 5.60 Å². The molecule has 5 fully saturated rings. The van der Waals surface area contributed by atoms with Gasteiger partial charge in [0.05, 0.1) is 5.41 Å². The number of carbonyl (C=O) groups is 1. The van der Waals surface area contributed by atoms with E-state index in [4.69, 9.17) is 4.74 Å². The molecule has 0 aromatic rings. The third-order valence-corrected chi connectivity index (χ3v) is 13.4. The Morgan fingerprint density at radius 3 is 2.34 bits per heavy atom. The van der Waals surface area contributed by atoms with Crippen molar-refractivity contribution in [2.75, 3.05) is 0 Å². The minimum absolute atomic E-state index is 0.168. The van der Waals surface area contributed by atoms with Crippen LogP contribution in [0.15, 0.2) is 11.1 Å². The fourth-order valence-corrected chi connectivity index (χ4v) is 11.3. The molecule has 0 unspecified atom stereocenters. The van der Waals surface area contributed by atoms with Gasteiger partial charge in [0.25, 0.3) is 0 Å². The van der Waals surface area contributed by atoms with Crippen molar-refractivity contribution >= 4 is 5.97 Å². The van der Waals surface area contributed by atoms with E-state index < -0.39 is 0 Å². The average molecular weight is 439 g/mol. The summed E-state index contributed by atoms with van der Waals surface area (Å²) in [5, 5.41) is 0. The van der Waals surface area contributed by atoms with E-state index in [2.05, 4.69) is 48.5 Å². The molecule has 2 nitrogen and oxygen atoms in total. The Hall–Kier alpha value is -0.790. The molecule has 32 heavy (non-hydrogen) atoms. The van der Waals surface area contributed by atoms with Gasteiger partial charge in [-0.3, -0.25) is 4.79 Å². The average Bonchev–Trinajstić information content (AvgIpc) is 3.16. The second-order valence-electron chi connectivity index (χ2n) is 14.3. The monoisotopic (exact) mass is 438 g/mol. The molecule has 5 aliphatic carbocycles. The van der Waals surface area contributed by atoms with Crippen molar-refractivity contribution in [2.24, 2.45) is 51.2 Å². The van der Waals surface area contributed by atoms with Crippen LogP contribution in [0.1, 0.15) is 113 Å². The van der Waals surface area contributed by atoms with Crippen LogP contribution >= 0.6 is 0 Å². The molecule has 2 bridgehead atoms. The summed E-state index contributed by atoms with van der Waals surface area (Å²) in [6.07, 6.45) is 12.6. The zero-order chi connectivity index (χ0) is 22.9. The third-order valence-electron chi connectivity index (χ3n) is 13.4. The lowest BCUT2D eigenvalue weighted by Gasteiger charge is -2.70. The smallest absolute Gasteiger partial charge is 0.313 e. The number of ether oxygens (including phenoxy) is 1. The van der Waals surface area contributed by atoms with Crippen molar-refractivity contribution in [1.29, 1.82) is 0 Å². The third kappa shape index (κ3) is 2.18. The van der Waals surface area contributed by atoms with Gasteiger partial charge < -0.3 is 4.74 Å². The first-order valence-electron chi connectivity index (χ1n) is 13.9. The van der Waals surface area contributed by atoms with Gasteiger partial charge >= 0.3 is 5.97 Å². The molecular formula is C30H46O2. The van der Waals surface area contributed by atoms with Crippen LogP contribution in [0.3, 0.4) is 0 Å². The summed E-state index contributed by atoms with van der Waals surface area (Å²) in [6.45, 7) is 17.5. The van der Waals surface area contributed by atoms with E-state index in [-0.39, 0.29) is 17.0 Å². The Morgan fingerprint density at radius 1 is 0.875 bits per heavy atom. The second-order valence-corrected chi connectivity index (χ2v) is 14.3. The SMILES string of the molecule is CC(C)C1=C2CC[C@]3(C)[C@H](CC[C@@H]4[C@@H]5[C@]6(CC[C@H](C)[C@@]5(C)OC6=O)CC[C@]43C)[C@@]2(C)CC1. The number of hydrogen-bond donors (Lipinski definition) is 0. The molecule has 0 radical (unpaired) electrons. The van der Waals surface area contributed by atoms with Gasteiger partial charge in [-0.15, -0.1) is 0 Å². The summed E-state index contributed by atoms with van der Waals surface area (Å²) in [4.78, 5) is 13.4. The standard InChI is InChI=1S/C30H46O2/c1-18(2)20-11-13-26(4)21(20)12-14-28(6)23(26)9-8-22-24-29(7)19(3)10-15-30(24,25(31)32-29)17-16-27(22,28)5/h18-19,22-24H,8-17H2,1-7H3/t19-,22+,23+,24-,26-,27+,28+,29+,30-/m0/s1. The quantitative estimate of drug-likeness (QED) is 0.309. The highest BCUT2D eigenvalue weighted by atomic mass is 16.6. The molecule has 1 aliphatic heterocycles. The first kappa shape index (κ1) is 21.7. The summed E-state index contributed by atoms with van der Waals surface area (Å²) in [7, 11) is 0. The minimum Gasteiger partial charge on any atom is -0.458 e. The lowest BCUT2D eigenvalue weighted by Crippen LogP contribution is -2.66. The van der Waals surface area contributed by atoms with E-state index in [0.29, 0.717) is 39.9 Å². The zero-order valence-corrected chi connectivity index (χ0v) is 21.8. The second kappa shape index (κ2) is 6.25. The maximum atomic E-state index is 13.4. The fraction of sp³-hybridized carbons (Fsp3) is 0.900. The Bertz CT molecular complexity index is 901. The molecule has 178 valence electrons. The highest BCUT2D eigenvalue weighted by Crippen LogP contribution is 2.78. The Morgan fingerprint density at radius 2 is 1.62 bits per heavy atom. The van der Waals surface area contributed by atoms with E-state index in [9.17, 15) is 4.79 Å². The Balaban J connectivity index is 1.44. The summed E-state index contributed by atoms with van der Waals surface area (Å²) in [5.41, 5.74) is 4.36. The van der Waals surface area contributed by atoms with Gasteiger partial charge in [-0.25, -0.2) is 0 Å². The summed E-state index contributed by atoms with van der Waals surface area (Å²) >= 11 is 0. The maximum Gasteiger partial charge on any atom is 0.313 e. The van der Waals surface area contributed by atoms with Gasteiger partial charge in [0.15, 0.2) is 0 Å². The van der Waals surface area contributed by atoms with Crippen LogP contribution < -0.4 is 0 Å². The molecule has 0 aromatic heterocycles. The molecule has 1 heterocycles. The van der Waals surface area contributed by atoms with Crippen LogP contribution in [0.2, 0.25) is 0 Å². The fourth-order valence-electron chi connectivity index (χ4n) is 11.3. The number of hydrogen-bond acceptors (Lipinski definition) is 2. The van der Waals surface area contributed by atoms with Gasteiger partial charge in [-0.05, 0) is 111 Å². The minimum atomic E-state index is -0.243. The molecule has 0 N–H and O–H groups in total. The van der Waals surface area contributed by atoms with Crippen molar-refractivity contribution in [1.82, 2.24) is 0 Å². The Kier molecular flexibility index (Phi) is 4.24. The summed E-state index contributed by atoms with van der Waals surface area (Å²) < 4.78 is 6.37. The van der Waals surface area contributed by atoms with Crippen LogP contribution in [0.5, 0.6) is 0 Å². The molecule has 4 saturated carbocycles. The lowest BCUT2D eigenvalue weighted by molar-refractivity contribution is -0.214. The van der Waals surface area contributed by atoms with Crippen molar-refractivity contribution in [3.63, 3.8) is 0 Å². The molecule has 6 rings (SSSR count). The lowest BCUT2D eigenvalue weighted by atomic mass is 9.33. The van der Waals surface area contributed by atoms with Gasteiger partial charge in [0.2, 0.25) is 0 Å². The topological polar surface area (TPSA) is 26.3 Å². The highest BCUT2D eigenvalue weighted by molar-refractivity contribution is 5.81. The van der Waals surface area contributed by atoms with E-state index in [1.807, 2.05) is 5.57 Å². The van der Waals surface area contributed by atoms with Gasteiger partial charge in [-0.1, -0.05) is 52.7 Å². The largest absolute Gasteiger partial charge is 0.458 e.